The third-order valence-electron chi connectivity index (χ3n) is 2.40. The number of carboxylic acids is 1. The summed E-state index contributed by atoms with van der Waals surface area (Å²) in [7, 11) is 0. The summed E-state index contributed by atoms with van der Waals surface area (Å²) >= 11 is 8.99. The maximum atomic E-state index is 13.1. The third kappa shape index (κ3) is 3.25. The molecule has 1 amide bonds. The van der Waals surface area contributed by atoms with Crippen molar-refractivity contribution in [1.82, 2.24) is 4.90 Å². The van der Waals surface area contributed by atoms with Crippen molar-refractivity contribution in [1.29, 1.82) is 0 Å². The van der Waals surface area contributed by atoms with Gasteiger partial charge in [-0.2, -0.15) is 0 Å². The van der Waals surface area contributed by atoms with Gasteiger partial charge in [-0.25, -0.2) is 4.39 Å². The van der Waals surface area contributed by atoms with Crippen molar-refractivity contribution in [3.63, 3.8) is 0 Å². The molecule has 1 heterocycles. The maximum Gasteiger partial charge on any atom is 0.266 e. The molecule has 2 rings (SSSR count). The van der Waals surface area contributed by atoms with Gasteiger partial charge in [0.1, 0.15) is 10.1 Å². The molecule has 0 atom stereocenters. The average Bonchev–Trinajstić information content (AvgIpc) is 2.61. The highest BCUT2D eigenvalue weighted by Crippen LogP contribution is 2.32. The van der Waals surface area contributed by atoms with Gasteiger partial charge in [-0.15, -0.1) is 0 Å². The summed E-state index contributed by atoms with van der Waals surface area (Å²) in [6.07, 6.45) is 1.53. The first-order valence-electron chi connectivity index (χ1n) is 5.29. The summed E-state index contributed by atoms with van der Waals surface area (Å²) in [5, 5.41) is 10.6. The number of thiocarbonyl (C=S) groups is 1. The minimum atomic E-state index is -1.38. The van der Waals surface area contributed by atoms with Crippen LogP contribution >= 0.6 is 39.9 Å². The van der Waals surface area contributed by atoms with Crippen LogP contribution in [0.25, 0.3) is 6.08 Å². The fourth-order valence-electron chi connectivity index (χ4n) is 1.52. The average molecular weight is 375 g/mol. The molecule has 20 heavy (non-hydrogen) atoms. The summed E-state index contributed by atoms with van der Waals surface area (Å²) < 4.78 is 13.5. The molecule has 1 aromatic rings. The second kappa shape index (κ2) is 6.02. The molecule has 1 saturated heterocycles. The van der Waals surface area contributed by atoms with E-state index in [1.165, 1.54) is 24.3 Å². The van der Waals surface area contributed by atoms with Crippen LogP contribution in [0.3, 0.4) is 0 Å². The topological polar surface area (TPSA) is 60.4 Å². The van der Waals surface area contributed by atoms with Crippen LogP contribution in [0.15, 0.2) is 27.6 Å². The van der Waals surface area contributed by atoms with E-state index < -0.39 is 24.2 Å². The Morgan fingerprint density at radius 2 is 2.25 bits per heavy atom. The molecule has 4 nitrogen and oxygen atoms in total. The zero-order chi connectivity index (χ0) is 14.9. The molecule has 1 aliphatic rings. The highest BCUT2D eigenvalue weighted by molar-refractivity contribution is 9.10. The lowest BCUT2D eigenvalue weighted by molar-refractivity contribution is -0.305. The first kappa shape index (κ1) is 15.1. The summed E-state index contributed by atoms with van der Waals surface area (Å²) in [4.78, 5) is 23.8. The van der Waals surface area contributed by atoms with Crippen molar-refractivity contribution in [3.05, 3.63) is 39.0 Å². The lowest BCUT2D eigenvalue weighted by Gasteiger charge is -2.14. The molecule has 0 radical (unpaired) electrons. The van der Waals surface area contributed by atoms with E-state index in [1.54, 1.807) is 0 Å². The first-order valence-corrected chi connectivity index (χ1v) is 7.30. The van der Waals surface area contributed by atoms with Gasteiger partial charge in [-0.05, 0) is 39.7 Å². The van der Waals surface area contributed by atoms with Gasteiger partial charge in [0.15, 0.2) is 0 Å². The molecule has 0 unspecified atom stereocenters. The Morgan fingerprint density at radius 3 is 2.85 bits per heavy atom. The number of carbonyl (C=O) groups is 2. The van der Waals surface area contributed by atoms with E-state index in [1.807, 2.05) is 0 Å². The van der Waals surface area contributed by atoms with Crippen LogP contribution in [0.4, 0.5) is 4.39 Å². The number of nitrogens with zero attached hydrogens (tertiary/aromatic N) is 1. The van der Waals surface area contributed by atoms with E-state index in [-0.39, 0.29) is 13.7 Å². The smallest absolute Gasteiger partial charge is 0.266 e. The van der Waals surface area contributed by atoms with E-state index >= 15 is 0 Å². The minimum absolute atomic E-state index is 0.159. The number of thioether (sulfide) groups is 1. The second-order valence-corrected chi connectivity index (χ2v) is 6.34. The molecule has 8 heteroatoms. The number of rotatable bonds is 3. The molecule has 0 aliphatic carbocycles. The van der Waals surface area contributed by atoms with Crippen molar-refractivity contribution in [2.75, 3.05) is 6.54 Å². The Hall–Kier alpha value is -1.25. The minimum Gasteiger partial charge on any atom is -0.548 e. The Balaban J connectivity index is 2.27. The second-order valence-electron chi connectivity index (χ2n) is 3.81. The molecular formula is C12H6BrFNO3S2-. The van der Waals surface area contributed by atoms with Crippen LogP contribution in [0.2, 0.25) is 0 Å². The summed E-state index contributed by atoms with van der Waals surface area (Å²) in [5.41, 5.74) is 0.604. The zero-order valence-corrected chi connectivity index (χ0v) is 13.0. The molecule has 0 bridgehead atoms. The number of carboxylic acid groups (broad SMARTS) is 1. The number of benzene rings is 1. The fraction of sp³-hybridized carbons (Fsp3) is 0.0833. The lowest BCUT2D eigenvalue weighted by atomic mass is 10.2. The summed E-state index contributed by atoms with van der Waals surface area (Å²) in [6, 6.07) is 4.28. The summed E-state index contributed by atoms with van der Waals surface area (Å²) in [5.74, 6) is -2.29. The quantitative estimate of drug-likeness (QED) is 0.593. The van der Waals surface area contributed by atoms with Gasteiger partial charge < -0.3 is 9.90 Å². The number of halogens is 2. The maximum absolute atomic E-state index is 13.1. The molecule has 0 spiro atoms. The largest absolute Gasteiger partial charge is 0.548 e. The molecule has 0 N–H and O–H groups in total. The fourth-order valence-corrected chi connectivity index (χ4v) is 3.17. The highest BCUT2D eigenvalue weighted by atomic mass is 79.9. The van der Waals surface area contributed by atoms with E-state index in [9.17, 15) is 19.1 Å². The van der Waals surface area contributed by atoms with Gasteiger partial charge in [-0.3, -0.25) is 9.69 Å². The molecule has 0 aromatic heterocycles. The van der Waals surface area contributed by atoms with Gasteiger partial charge in [0.05, 0.1) is 21.9 Å². The van der Waals surface area contributed by atoms with Gasteiger partial charge in [0.2, 0.25) is 0 Å². The third-order valence-corrected chi connectivity index (χ3v) is 4.39. The van der Waals surface area contributed by atoms with E-state index in [4.69, 9.17) is 12.2 Å². The van der Waals surface area contributed by atoms with Crippen molar-refractivity contribution in [2.45, 2.75) is 0 Å². The predicted octanol–water partition coefficient (Wildman–Crippen LogP) is 1.54. The number of hydrogen-bond acceptors (Lipinski definition) is 5. The number of aliphatic carboxylic acids is 1. The van der Waals surface area contributed by atoms with Gasteiger partial charge in [0.25, 0.3) is 5.91 Å². The zero-order valence-electron chi connectivity index (χ0n) is 9.76. The Morgan fingerprint density at radius 1 is 1.55 bits per heavy atom. The molecular weight excluding hydrogens is 369 g/mol. The van der Waals surface area contributed by atoms with Crippen molar-refractivity contribution in [3.8, 4) is 0 Å². The van der Waals surface area contributed by atoms with Crippen LogP contribution in [0, 0.1) is 5.82 Å². The van der Waals surface area contributed by atoms with Crippen molar-refractivity contribution < 1.29 is 19.1 Å². The molecule has 1 aromatic carbocycles. The van der Waals surface area contributed by atoms with Crippen LogP contribution in [0.1, 0.15) is 5.56 Å². The highest BCUT2D eigenvalue weighted by Gasteiger charge is 2.31. The first-order chi connectivity index (χ1) is 9.38. The van der Waals surface area contributed by atoms with Crippen LogP contribution in [-0.4, -0.2) is 27.6 Å². The number of hydrogen-bond donors (Lipinski definition) is 0. The molecule has 1 aliphatic heterocycles. The lowest BCUT2D eigenvalue weighted by Crippen LogP contribution is -2.40. The Labute approximate surface area is 131 Å². The van der Waals surface area contributed by atoms with E-state index in [2.05, 4.69) is 15.9 Å². The molecule has 1 fully saturated rings. The predicted molar refractivity (Wildman–Crippen MR) is 79.0 cm³/mol. The monoisotopic (exact) mass is 374 g/mol. The van der Waals surface area contributed by atoms with Crippen molar-refractivity contribution in [2.24, 2.45) is 0 Å². The van der Waals surface area contributed by atoms with Crippen LogP contribution < -0.4 is 5.11 Å². The van der Waals surface area contributed by atoms with Crippen molar-refractivity contribution >= 4 is 62.2 Å². The number of carbonyl (C=O) groups excluding carboxylic acids is 2. The molecule has 104 valence electrons. The normalized spacial score (nSPS) is 17.1. The Bertz CT molecular complexity index is 648. The van der Waals surface area contributed by atoms with Gasteiger partial charge in [-0.1, -0.05) is 30.0 Å². The van der Waals surface area contributed by atoms with Gasteiger partial charge >= 0.3 is 0 Å². The van der Waals surface area contributed by atoms with E-state index in [0.717, 1.165) is 16.7 Å². The summed E-state index contributed by atoms with van der Waals surface area (Å²) in [6.45, 7) is -0.574. The standard InChI is InChI=1S/C12H7BrFNO3S2/c13-7-3-6(1-2-8(7)14)4-9-11(18)15(5-10(16)17)12(19)20-9/h1-4H,5H2,(H,16,17)/p-1/b9-4-. The van der Waals surface area contributed by atoms with Crippen LogP contribution in [-0.2, 0) is 9.59 Å². The van der Waals surface area contributed by atoms with E-state index in [0.29, 0.717) is 5.56 Å². The molecule has 0 saturated carbocycles. The van der Waals surface area contributed by atoms with Crippen LogP contribution in [0.5, 0.6) is 0 Å². The SMILES string of the molecule is O=C([O-])CN1C(=O)/C(=C/c2ccc(F)c(Br)c2)SC1=S. The number of amides is 1. The van der Waals surface area contributed by atoms with Gasteiger partial charge in [0, 0.05) is 0 Å². The Kier molecular flexibility index (Phi) is 4.56.